The number of hydrogen-bond donors (Lipinski definition) is 1. The molecular weight excluding hydrogens is 428 g/mol. The summed E-state index contributed by atoms with van der Waals surface area (Å²) < 4.78 is 5.81. The van der Waals surface area contributed by atoms with Crippen molar-refractivity contribution < 1.29 is 18.8 Å². The van der Waals surface area contributed by atoms with E-state index in [2.05, 4.69) is 10.3 Å². The summed E-state index contributed by atoms with van der Waals surface area (Å²) in [7, 11) is 3.29. The summed E-state index contributed by atoms with van der Waals surface area (Å²) >= 11 is 1.52. The average Bonchev–Trinajstić information content (AvgIpc) is 3.55. The number of nitrogens with one attached hydrogen (secondary N) is 1. The highest BCUT2D eigenvalue weighted by Crippen LogP contribution is 2.37. The number of hydrogen-bond acceptors (Lipinski definition) is 6. The molecule has 1 fully saturated rings. The third-order valence-electron chi connectivity index (χ3n) is 5.68. The van der Waals surface area contributed by atoms with Gasteiger partial charge in [-0.3, -0.25) is 19.4 Å². The molecule has 4 heterocycles. The number of amides is 3. The van der Waals surface area contributed by atoms with Gasteiger partial charge in [0.05, 0.1) is 17.5 Å². The second kappa shape index (κ2) is 9.35. The van der Waals surface area contributed by atoms with E-state index < -0.39 is 0 Å². The van der Waals surface area contributed by atoms with Gasteiger partial charge in [-0.25, -0.2) is 0 Å². The fourth-order valence-electron chi connectivity index (χ4n) is 4.09. The van der Waals surface area contributed by atoms with Gasteiger partial charge in [-0.1, -0.05) is 6.07 Å². The average molecular weight is 453 g/mol. The molecule has 0 spiro atoms. The highest BCUT2D eigenvalue weighted by Gasteiger charge is 2.40. The number of nitrogens with zero attached hydrogens (tertiary/aromatic N) is 3. The second-order valence-corrected chi connectivity index (χ2v) is 8.64. The molecule has 32 heavy (non-hydrogen) atoms. The van der Waals surface area contributed by atoms with E-state index >= 15 is 0 Å². The third kappa shape index (κ3) is 4.43. The smallest absolute Gasteiger partial charge is 0.290 e. The molecule has 0 radical (unpaired) electrons. The number of pyridine rings is 1. The molecule has 1 aliphatic rings. The Bertz CT molecular complexity index is 1100. The number of thiophene rings is 1. The van der Waals surface area contributed by atoms with Gasteiger partial charge in [0.1, 0.15) is 5.76 Å². The number of aromatic nitrogens is 1. The zero-order valence-electron chi connectivity index (χ0n) is 17.9. The van der Waals surface area contributed by atoms with Gasteiger partial charge in [-0.15, -0.1) is 11.3 Å². The summed E-state index contributed by atoms with van der Waals surface area (Å²) in [5, 5.41) is 4.50. The monoisotopic (exact) mass is 452 g/mol. The SMILES string of the molecule is CNC(=O)CN(C[C@@H]1CC(=O)N(C)[C@H]1c1ccncc1)C(=O)c1ccc(-c2cccs2)o1. The van der Waals surface area contributed by atoms with Crippen LogP contribution in [-0.4, -0.2) is 59.7 Å². The van der Waals surface area contributed by atoms with Crippen LogP contribution in [0.2, 0.25) is 0 Å². The predicted molar refractivity (Wildman–Crippen MR) is 120 cm³/mol. The molecule has 0 saturated carbocycles. The van der Waals surface area contributed by atoms with Gasteiger partial charge in [0.25, 0.3) is 5.91 Å². The largest absolute Gasteiger partial charge is 0.450 e. The highest BCUT2D eigenvalue weighted by molar-refractivity contribution is 7.13. The third-order valence-corrected chi connectivity index (χ3v) is 6.56. The van der Waals surface area contributed by atoms with Crippen molar-refractivity contribution in [2.75, 3.05) is 27.2 Å². The first-order valence-corrected chi connectivity index (χ1v) is 11.1. The molecule has 0 bridgehead atoms. The number of carbonyl (C=O) groups is 3. The normalized spacial score (nSPS) is 18.1. The zero-order chi connectivity index (χ0) is 22.7. The van der Waals surface area contributed by atoms with Crippen LogP contribution < -0.4 is 5.32 Å². The molecule has 1 N–H and O–H groups in total. The lowest BCUT2D eigenvalue weighted by Gasteiger charge is -2.29. The van der Waals surface area contributed by atoms with E-state index in [1.165, 1.54) is 23.3 Å². The fraction of sp³-hybridized carbons (Fsp3) is 0.304. The Morgan fingerprint density at radius 3 is 2.72 bits per heavy atom. The van der Waals surface area contributed by atoms with Crippen LogP contribution in [0.5, 0.6) is 0 Å². The molecule has 2 atom stereocenters. The van der Waals surface area contributed by atoms with Crippen molar-refractivity contribution in [3.05, 3.63) is 65.5 Å². The Morgan fingerprint density at radius 1 is 1.25 bits per heavy atom. The van der Waals surface area contributed by atoms with Gasteiger partial charge >= 0.3 is 0 Å². The standard InChI is InChI=1S/C23H24N4O4S/c1-24-20(28)14-27(23(30)18-6-5-17(31-18)19-4-3-11-32-19)13-16-12-21(29)26(2)22(16)15-7-9-25-10-8-15/h3-11,16,22H,12-14H2,1-2H3,(H,24,28)/t16-,22-/m0/s1. The molecule has 1 saturated heterocycles. The van der Waals surface area contributed by atoms with E-state index in [1.54, 1.807) is 36.5 Å². The Kier molecular flexibility index (Phi) is 6.36. The lowest BCUT2D eigenvalue weighted by Crippen LogP contribution is -2.43. The first-order valence-electron chi connectivity index (χ1n) is 10.3. The van der Waals surface area contributed by atoms with Crippen molar-refractivity contribution in [3.63, 3.8) is 0 Å². The van der Waals surface area contributed by atoms with Crippen LogP contribution in [0.1, 0.15) is 28.6 Å². The summed E-state index contributed by atoms with van der Waals surface area (Å²) in [4.78, 5) is 46.2. The molecule has 3 amide bonds. The minimum Gasteiger partial charge on any atom is -0.450 e. The first-order chi connectivity index (χ1) is 15.5. The number of rotatable bonds is 7. The van der Waals surface area contributed by atoms with Crippen LogP contribution in [0.25, 0.3) is 10.6 Å². The molecule has 1 aliphatic heterocycles. The van der Waals surface area contributed by atoms with Crippen LogP contribution in [0.3, 0.4) is 0 Å². The van der Waals surface area contributed by atoms with Crippen LogP contribution in [0.15, 0.2) is 58.6 Å². The van der Waals surface area contributed by atoms with Crippen LogP contribution in [0.4, 0.5) is 0 Å². The quantitative estimate of drug-likeness (QED) is 0.595. The molecule has 0 aliphatic carbocycles. The minimum atomic E-state index is -0.383. The summed E-state index contributed by atoms with van der Waals surface area (Å²) in [5.41, 5.74) is 0.948. The first kappa shape index (κ1) is 21.8. The van der Waals surface area contributed by atoms with Gasteiger partial charge < -0.3 is 19.5 Å². The molecule has 4 rings (SSSR count). The molecular formula is C23H24N4O4S. The lowest BCUT2D eigenvalue weighted by atomic mass is 9.93. The maximum atomic E-state index is 13.3. The van der Waals surface area contributed by atoms with E-state index in [9.17, 15) is 14.4 Å². The summed E-state index contributed by atoms with van der Waals surface area (Å²) in [6, 6.07) is 10.7. The number of likely N-dealkylation sites (tertiary alicyclic amines) is 1. The van der Waals surface area contributed by atoms with E-state index in [1.807, 2.05) is 29.6 Å². The number of carbonyl (C=O) groups excluding carboxylic acids is 3. The van der Waals surface area contributed by atoms with Crippen molar-refractivity contribution in [3.8, 4) is 10.6 Å². The summed E-state index contributed by atoms with van der Waals surface area (Å²) in [6.07, 6.45) is 3.66. The van der Waals surface area contributed by atoms with E-state index in [0.717, 1.165) is 10.4 Å². The fourth-order valence-corrected chi connectivity index (χ4v) is 4.77. The molecule has 3 aromatic heterocycles. The second-order valence-electron chi connectivity index (χ2n) is 7.69. The molecule has 0 unspecified atom stereocenters. The topological polar surface area (TPSA) is 95.8 Å². The van der Waals surface area contributed by atoms with E-state index in [4.69, 9.17) is 4.42 Å². The van der Waals surface area contributed by atoms with E-state index in [-0.39, 0.29) is 48.5 Å². The Morgan fingerprint density at radius 2 is 2.03 bits per heavy atom. The van der Waals surface area contributed by atoms with Crippen molar-refractivity contribution in [1.29, 1.82) is 0 Å². The molecule has 0 aromatic carbocycles. The van der Waals surface area contributed by atoms with Crippen molar-refractivity contribution in [2.24, 2.45) is 5.92 Å². The number of furan rings is 1. The van der Waals surface area contributed by atoms with Crippen LogP contribution in [0, 0.1) is 5.92 Å². The maximum absolute atomic E-state index is 13.3. The van der Waals surface area contributed by atoms with Gasteiger partial charge in [0, 0.05) is 45.4 Å². The lowest BCUT2D eigenvalue weighted by molar-refractivity contribution is -0.127. The minimum absolute atomic E-state index is 0.00198. The van der Waals surface area contributed by atoms with Crippen LogP contribution >= 0.6 is 11.3 Å². The van der Waals surface area contributed by atoms with Crippen molar-refractivity contribution in [1.82, 2.24) is 20.1 Å². The molecule has 8 nitrogen and oxygen atoms in total. The molecule has 3 aromatic rings. The van der Waals surface area contributed by atoms with Gasteiger partial charge in [-0.05, 0) is 41.3 Å². The van der Waals surface area contributed by atoms with Gasteiger partial charge in [0.15, 0.2) is 5.76 Å². The predicted octanol–water partition coefficient (Wildman–Crippen LogP) is 2.81. The van der Waals surface area contributed by atoms with Gasteiger partial charge in [0.2, 0.25) is 11.8 Å². The summed E-state index contributed by atoms with van der Waals surface area (Å²) in [6.45, 7) is 0.117. The van der Waals surface area contributed by atoms with Gasteiger partial charge in [-0.2, -0.15) is 0 Å². The molecule has 166 valence electrons. The maximum Gasteiger partial charge on any atom is 0.290 e. The highest BCUT2D eigenvalue weighted by atomic mass is 32.1. The molecule has 9 heteroatoms. The Labute approximate surface area is 189 Å². The Hall–Kier alpha value is -3.46. The number of likely N-dealkylation sites (N-methyl/N-ethyl adjacent to an activating group) is 1. The van der Waals surface area contributed by atoms with Crippen LogP contribution in [-0.2, 0) is 9.59 Å². The van der Waals surface area contributed by atoms with E-state index in [0.29, 0.717) is 12.2 Å². The van der Waals surface area contributed by atoms with Crippen molar-refractivity contribution in [2.45, 2.75) is 12.5 Å². The summed E-state index contributed by atoms with van der Waals surface area (Å²) in [5.74, 6) is -0.0742. The Balaban J connectivity index is 1.59. The zero-order valence-corrected chi connectivity index (χ0v) is 18.7. The van der Waals surface area contributed by atoms with Crippen molar-refractivity contribution >= 4 is 29.1 Å².